The molecule has 3 rings (SSSR count). The zero-order valence-electron chi connectivity index (χ0n) is 11.5. The van der Waals surface area contributed by atoms with E-state index in [1.54, 1.807) is 24.5 Å². The van der Waals surface area contributed by atoms with Crippen molar-refractivity contribution in [3.05, 3.63) is 59.4 Å². The monoisotopic (exact) mass is 299 g/mol. The molecule has 2 N–H and O–H groups in total. The third-order valence-electron chi connectivity index (χ3n) is 3.18. The van der Waals surface area contributed by atoms with E-state index in [2.05, 4.69) is 9.97 Å². The maximum absolute atomic E-state index is 6.18. The van der Waals surface area contributed by atoms with Gasteiger partial charge in [-0.3, -0.25) is 4.98 Å². The third kappa shape index (κ3) is 2.68. The number of hydrogen-bond donors (Lipinski definition) is 1. The first-order valence-corrected chi connectivity index (χ1v) is 6.96. The number of halogens is 1. The Balaban J connectivity index is 2.09. The molecular weight excluding hydrogens is 286 g/mol. The number of rotatable bonds is 3. The Hall–Kier alpha value is -2.17. The summed E-state index contributed by atoms with van der Waals surface area (Å²) in [4.78, 5) is 8.61. The number of benzene rings is 1. The topological polar surface area (TPSA) is 61.0 Å². The second kappa shape index (κ2) is 5.68. The molecule has 0 bridgehead atoms. The van der Waals surface area contributed by atoms with Crippen molar-refractivity contribution in [3.63, 3.8) is 0 Å². The lowest BCUT2D eigenvalue weighted by Gasteiger charge is -2.13. The first-order valence-electron chi connectivity index (χ1n) is 6.58. The summed E-state index contributed by atoms with van der Waals surface area (Å²) in [6.45, 7) is 1.89. The molecule has 0 unspecified atom stereocenters. The van der Waals surface area contributed by atoms with E-state index in [-0.39, 0.29) is 6.04 Å². The predicted octanol–water partition coefficient (Wildman–Crippen LogP) is 4.10. The molecule has 0 spiro atoms. The van der Waals surface area contributed by atoms with Gasteiger partial charge in [-0.25, -0.2) is 4.98 Å². The summed E-state index contributed by atoms with van der Waals surface area (Å²) in [5, 5.41) is 1.48. The van der Waals surface area contributed by atoms with E-state index in [1.807, 2.05) is 31.2 Å². The molecule has 0 aliphatic rings. The van der Waals surface area contributed by atoms with E-state index >= 15 is 0 Å². The molecule has 0 saturated carbocycles. The largest absolute Gasteiger partial charge is 0.436 e. The molecule has 2 aromatic heterocycles. The zero-order valence-corrected chi connectivity index (χ0v) is 12.2. The van der Waals surface area contributed by atoms with Gasteiger partial charge in [-0.15, -0.1) is 0 Å². The molecule has 4 nitrogen and oxygen atoms in total. The van der Waals surface area contributed by atoms with Crippen molar-refractivity contribution >= 4 is 22.5 Å². The van der Waals surface area contributed by atoms with Crippen molar-refractivity contribution in [1.29, 1.82) is 0 Å². The molecule has 1 atom stereocenters. The summed E-state index contributed by atoms with van der Waals surface area (Å²) in [6, 6.07) is 10.9. The molecule has 0 fully saturated rings. The highest BCUT2D eigenvalue weighted by Crippen LogP contribution is 2.33. The number of fused-ring (bicyclic) bond motifs is 1. The number of nitrogens with two attached hydrogens (primary N) is 1. The molecule has 0 aliphatic carbocycles. The summed E-state index contributed by atoms with van der Waals surface area (Å²) in [6.07, 6.45) is 3.38. The van der Waals surface area contributed by atoms with Gasteiger partial charge in [0.15, 0.2) is 5.75 Å². The molecule has 0 saturated heterocycles. The van der Waals surface area contributed by atoms with Crippen LogP contribution in [-0.2, 0) is 0 Å². The summed E-state index contributed by atoms with van der Waals surface area (Å²) >= 11 is 6.18. The summed E-state index contributed by atoms with van der Waals surface area (Å²) in [5.41, 5.74) is 7.49. The lowest BCUT2D eigenvalue weighted by atomic mass is 10.1. The Morgan fingerprint density at radius 3 is 2.67 bits per heavy atom. The van der Waals surface area contributed by atoms with E-state index in [1.165, 1.54) is 0 Å². The van der Waals surface area contributed by atoms with Crippen LogP contribution in [0.2, 0.25) is 5.02 Å². The van der Waals surface area contributed by atoms with Gasteiger partial charge in [0.2, 0.25) is 5.88 Å². The quantitative estimate of drug-likeness (QED) is 0.791. The molecule has 0 amide bonds. The van der Waals surface area contributed by atoms with Crippen molar-refractivity contribution in [2.45, 2.75) is 13.0 Å². The van der Waals surface area contributed by atoms with Gasteiger partial charge >= 0.3 is 0 Å². The van der Waals surface area contributed by atoms with Crippen LogP contribution in [0, 0.1) is 0 Å². The van der Waals surface area contributed by atoms with E-state index in [0.29, 0.717) is 22.2 Å². The zero-order chi connectivity index (χ0) is 14.8. The maximum Gasteiger partial charge on any atom is 0.224 e. The van der Waals surface area contributed by atoms with Crippen molar-refractivity contribution in [2.75, 3.05) is 0 Å². The molecule has 5 heteroatoms. The van der Waals surface area contributed by atoms with Crippen LogP contribution < -0.4 is 10.5 Å². The third-order valence-corrected chi connectivity index (χ3v) is 3.51. The Bertz CT molecular complexity index is 789. The maximum atomic E-state index is 6.18. The van der Waals surface area contributed by atoms with Crippen molar-refractivity contribution in [3.8, 4) is 11.6 Å². The van der Waals surface area contributed by atoms with Gasteiger partial charge in [0.1, 0.15) is 5.52 Å². The molecule has 106 valence electrons. The van der Waals surface area contributed by atoms with Gasteiger partial charge in [0.25, 0.3) is 0 Å². The minimum absolute atomic E-state index is 0.166. The van der Waals surface area contributed by atoms with Gasteiger partial charge in [0.05, 0.1) is 5.02 Å². The fourth-order valence-electron chi connectivity index (χ4n) is 2.13. The lowest BCUT2D eigenvalue weighted by Crippen LogP contribution is -2.07. The SMILES string of the molecule is C[C@@H](N)c1cccnc1Oc1ccc(Cl)c2cccnc12. The smallest absolute Gasteiger partial charge is 0.224 e. The van der Waals surface area contributed by atoms with Crippen LogP contribution in [0.25, 0.3) is 10.9 Å². The molecule has 21 heavy (non-hydrogen) atoms. The number of ether oxygens (including phenoxy) is 1. The van der Waals surface area contributed by atoms with Crippen LogP contribution in [0.5, 0.6) is 11.6 Å². The predicted molar refractivity (Wildman–Crippen MR) is 83.7 cm³/mol. The van der Waals surface area contributed by atoms with Crippen molar-refractivity contribution in [1.82, 2.24) is 9.97 Å². The minimum Gasteiger partial charge on any atom is -0.436 e. The second-order valence-electron chi connectivity index (χ2n) is 4.73. The van der Waals surface area contributed by atoms with Crippen LogP contribution in [0.1, 0.15) is 18.5 Å². The first-order chi connectivity index (χ1) is 10.2. The minimum atomic E-state index is -0.166. The second-order valence-corrected chi connectivity index (χ2v) is 5.14. The Morgan fingerprint density at radius 1 is 1.10 bits per heavy atom. The summed E-state index contributed by atoms with van der Waals surface area (Å²) in [7, 11) is 0. The number of nitrogens with zero attached hydrogens (tertiary/aromatic N) is 2. The van der Waals surface area contributed by atoms with Gasteiger partial charge in [-0.2, -0.15) is 0 Å². The van der Waals surface area contributed by atoms with Crippen LogP contribution in [0.3, 0.4) is 0 Å². The van der Waals surface area contributed by atoms with Gasteiger partial charge in [-0.05, 0) is 37.3 Å². The molecule has 0 radical (unpaired) electrons. The first kappa shape index (κ1) is 13.8. The van der Waals surface area contributed by atoms with Gasteiger partial charge < -0.3 is 10.5 Å². The van der Waals surface area contributed by atoms with E-state index in [4.69, 9.17) is 22.1 Å². The standard InChI is InChI=1S/C16H14ClN3O/c1-10(18)11-4-2-9-20-16(11)21-14-7-6-13(17)12-5-3-8-19-15(12)14/h2-10H,18H2,1H3/t10-/m1/s1. The number of pyridine rings is 2. The van der Waals surface area contributed by atoms with Crippen molar-refractivity contribution < 1.29 is 4.74 Å². The number of hydrogen-bond acceptors (Lipinski definition) is 4. The van der Waals surface area contributed by atoms with Gasteiger partial charge in [-0.1, -0.05) is 17.7 Å². The number of aromatic nitrogens is 2. The lowest BCUT2D eigenvalue weighted by molar-refractivity contribution is 0.456. The van der Waals surface area contributed by atoms with Crippen LogP contribution in [-0.4, -0.2) is 9.97 Å². The highest BCUT2D eigenvalue weighted by Gasteiger charge is 2.13. The van der Waals surface area contributed by atoms with Gasteiger partial charge in [0, 0.05) is 29.4 Å². The van der Waals surface area contributed by atoms with Crippen LogP contribution in [0.4, 0.5) is 0 Å². The molecular formula is C16H14ClN3O. The molecule has 2 heterocycles. The van der Waals surface area contributed by atoms with E-state index in [9.17, 15) is 0 Å². The van der Waals surface area contributed by atoms with E-state index in [0.717, 1.165) is 10.9 Å². The highest BCUT2D eigenvalue weighted by molar-refractivity contribution is 6.35. The van der Waals surface area contributed by atoms with Crippen LogP contribution >= 0.6 is 11.6 Å². The molecule has 3 aromatic rings. The fraction of sp³-hybridized carbons (Fsp3) is 0.125. The molecule has 0 aliphatic heterocycles. The van der Waals surface area contributed by atoms with Crippen molar-refractivity contribution in [2.24, 2.45) is 5.73 Å². The fourth-order valence-corrected chi connectivity index (χ4v) is 2.35. The van der Waals surface area contributed by atoms with Crippen LogP contribution in [0.15, 0.2) is 48.8 Å². The van der Waals surface area contributed by atoms with E-state index < -0.39 is 0 Å². The highest BCUT2D eigenvalue weighted by atomic mass is 35.5. The Kier molecular flexibility index (Phi) is 3.73. The average molecular weight is 300 g/mol. The Labute approximate surface area is 127 Å². The average Bonchev–Trinajstić information content (AvgIpc) is 2.51. The normalized spacial score (nSPS) is 12.3. The summed E-state index contributed by atoms with van der Waals surface area (Å²) < 4.78 is 5.93. The summed E-state index contributed by atoms with van der Waals surface area (Å²) in [5.74, 6) is 1.09. The Morgan fingerprint density at radius 2 is 1.86 bits per heavy atom. The molecule has 1 aromatic carbocycles.